The largest absolute Gasteiger partial charge is 0.370 e. The first-order valence-electron chi connectivity index (χ1n) is 20.2. The minimum Gasteiger partial charge on any atom is -0.370 e. The first kappa shape index (κ1) is 38.6. The first-order chi connectivity index (χ1) is 28.2. The fourth-order valence-electron chi connectivity index (χ4n) is 8.23. The van der Waals surface area contributed by atoms with Crippen molar-refractivity contribution in [1.29, 1.82) is 0 Å². The summed E-state index contributed by atoms with van der Waals surface area (Å²) >= 11 is 0. The highest BCUT2D eigenvalue weighted by molar-refractivity contribution is 5.97. The molecule has 3 N–H and O–H groups in total. The van der Waals surface area contributed by atoms with Crippen LogP contribution in [0.25, 0.3) is 22.5 Å². The number of urea groups is 1. The molecule has 0 spiro atoms. The summed E-state index contributed by atoms with van der Waals surface area (Å²) in [6.07, 6.45) is 10.5. The van der Waals surface area contributed by atoms with Crippen molar-refractivity contribution < 1.29 is 4.79 Å². The molecule has 10 rings (SSSR count). The van der Waals surface area contributed by atoms with Crippen LogP contribution in [0.2, 0.25) is 0 Å². The van der Waals surface area contributed by atoms with Gasteiger partial charge in [0.05, 0.1) is 51.9 Å². The van der Waals surface area contributed by atoms with Gasteiger partial charge in [-0.15, -0.1) is 0 Å². The zero-order valence-corrected chi connectivity index (χ0v) is 33.7. The van der Waals surface area contributed by atoms with Crippen LogP contribution in [0.3, 0.4) is 0 Å². The Morgan fingerprint density at radius 1 is 0.707 bits per heavy atom. The highest BCUT2D eigenvalue weighted by Crippen LogP contribution is 2.40. The smallest absolute Gasteiger partial charge is 0.323 e. The van der Waals surface area contributed by atoms with Crippen molar-refractivity contribution >= 4 is 23.2 Å². The van der Waals surface area contributed by atoms with Crippen LogP contribution in [0, 0.1) is 19.8 Å². The number of rotatable bonds is 5. The molecule has 0 saturated carbocycles. The quantitative estimate of drug-likeness (QED) is 0.179. The van der Waals surface area contributed by atoms with Gasteiger partial charge in [-0.3, -0.25) is 29.8 Å². The van der Waals surface area contributed by atoms with Gasteiger partial charge >= 0.3 is 6.03 Å². The second-order valence-corrected chi connectivity index (χ2v) is 15.6. The van der Waals surface area contributed by atoms with Crippen LogP contribution >= 0.6 is 0 Å². The third kappa shape index (κ3) is 8.52. The molecular formula is C46H51N11O. The minimum absolute atomic E-state index is 0.0474. The van der Waals surface area contributed by atoms with Crippen LogP contribution in [-0.2, 0) is 6.42 Å². The van der Waals surface area contributed by atoms with E-state index in [1.165, 1.54) is 36.5 Å². The van der Waals surface area contributed by atoms with Crippen molar-refractivity contribution in [1.82, 2.24) is 35.2 Å². The maximum absolute atomic E-state index is 13.4. The van der Waals surface area contributed by atoms with E-state index >= 15 is 0 Å². The van der Waals surface area contributed by atoms with Gasteiger partial charge < -0.3 is 20.9 Å². The lowest BCUT2D eigenvalue weighted by Crippen LogP contribution is -2.51. The van der Waals surface area contributed by atoms with Crippen molar-refractivity contribution in [2.24, 2.45) is 11.7 Å². The molecule has 10 heterocycles. The van der Waals surface area contributed by atoms with Crippen LogP contribution in [-0.4, -0.2) is 68.2 Å². The number of nitrogens with zero attached hydrogens (tertiary/aromatic N) is 9. The lowest BCUT2D eigenvalue weighted by atomic mass is 9.98. The van der Waals surface area contributed by atoms with Gasteiger partial charge in [0, 0.05) is 79.5 Å². The molecule has 58 heavy (non-hydrogen) atoms. The summed E-state index contributed by atoms with van der Waals surface area (Å²) in [6, 6.07) is 27.9. The lowest BCUT2D eigenvalue weighted by Gasteiger charge is -2.36. The number of aromatic nitrogens is 6. The molecule has 0 aliphatic carbocycles. The number of carbonyl (C=O) groups is 1. The molecule has 2 fully saturated rings. The normalized spacial score (nSPS) is 18.1. The van der Waals surface area contributed by atoms with Gasteiger partial charge in [0.1, 0.15) is 0 Å². The Kier molecular flexibility index (Phi) is 11.4. The fraction of sp³-hybridized carbons (Fsp3) is 0.326. The summed E-state index contributed by atoms with van der Waals surface area (Å²) in [5.74, 6) is 1.54. The van der Waals surface area contributed by atoms with Crippen LogP contribution in [0.5, 0.6) is 0 Å². The fourth-order valence-corrected chi connectivity index (χ4v) is 8.23. The van der Waals surface area contributed by atoms with Crippen LogP contribution < -0.4 is 25.8 Å². The third-order valence-electron chi connectivity index (χ3n) is 11.2. The van der Waals surface area contributed by atoms with E-state index in [9.17, 15) is 4.79 Å². The van der Waals surface area contributed by atoms with Crippen molar-refractivity contribution in [3.63, 3.8) is 0 Å². The lowest BCUT2D eigenvalue weighted by molar-refractivity contribution is 0.241. The van der Waals surface area contributed by atoms with Gasteiger partial charge in [-0.05, 0) is 126 Å². The van der Waals surface area contributed by atoms with Crippen molar-refractivity contribution in [2.75, 3.05) is 40.9 Å². The third-order valence-corrected chi connectivity index (χ3v) is 11.2. The first-order valence-corrected chi connectivity index (χ1v) is 20.2. The van der Waals surface area contributed by atoms with Gasteiger partial charge in [0.25, 0.3) is 0 Å². The SMILES string of the molecule is C[C@H](N)c1ccccn1.Cc1cc(-c2ccc3c(n2)C[C@H]2CCN3C2)ccn1.Cc1cc(-c2ccc3c(n2)N(C(=O)N[C@@H](C)c2ccccn2)[C@H]2CCN3C2)ccn1. The molecule has 6 aromatic rings. The molecular weight excluding hydrogens is 723 g/mol. The van der Waals surface area contributed by atoms with Gasteiger partial charge in [-0.25, -0.2) is 9.78 Å². The number of fused-ring (bicyclic) bond motifs is 8. The molecule has 6 aromatic heterocycles. The number of hydrogen-bond acceptors (Lipinski definition) is 10. The van der Waals surface area contributed by atoms with E-state index in [0.29, 0.717) is 0 Å². The Balaban J connectivity index is 0.000000142. The van der Waals surface area contributed by atoms with Gasteiger partial charge in [-0.1, -0.05) is 12.1 Å². The summed E-state index contributed by atoms with van der Waals surface area (Å²) in [4.78, 5) is 46.8. The average molecular weight is 774 g/mol. The van der Waals surface area contributed by atoms with Crippen molar-refractivity contribution in [3.05, 3.63) is 138 Å². The molecule has 12 nitrogen and oxygen atoms in total. The Hall–Kier alpha value is -6.27. The number of hydrogen-bond donors (Lipinski definition) is 2. The Morgan fingerprint density at radius 2 is 1.33 bits per heavy atom. The van der Waals surface area contributed by atoms with Gasteiger partial charge in [0.2, 0.25) is 0 Å². The molecule has 0 aromatic carbocycles. The van der Waals surface area contributed by atoms with E-state index in [1.807, 2.05) is 99.5 Å². The average Bonchev–Trinajstić information content (AvgIpc) is 3.85. The molecule has 0 unspecified atom stereocenters. The minimum atomic E-state index is -0.187. The van der Waals surface area contributed by atoms with Crippen molar-refractivity contribution in [2.45, 2.75) is 65.1 Å². The number of pyridine rings is 6. The molecule has 296 valence electrons. The Morgan fingerprint density at radius 3 is 1.95 bits per heavy atom. The monoisotopic (exact) mass is 773 g/mol. The van der Waals surface area contributed by atoms with E-state index in [-0.39, 0.29) is 24.2 Å². The van der Waals surface area contributed by atoms with E-state index in [4.69, 9.17) is 15.7 Å². The Bertz CT molecular complexity index is 2360. The predicted molar refractivity (Wildman–Crippen MR) is 230 cm³/mol. The number of nitrogens with two attached hydrogens (primary N) is 1. The zero-order valence-electron chi connectivity index (χ0n) is 33.7. The van der Waals surface area contributed by atoms with E-state index in [0.717, 1.165) is 83.1 Å². The zero-order chi connectivity index (χ0) is 40.2. The number of carbonyl (C=O) groups excluding carboxylic acids is 1. The van der Waals surface area contributed by atoms with Crippen LogP contribution in [0.15, 0.2) is 110 Å². The summed E-state index contributed by atoms with van der Waals surface area (Å²) in [7, 11) is 0. The van der Waals surface area contributed by atoms with Crippen LogP contribution in [0.4, 0.5) is 22.0 Å². The molecule has 4 bridgehead atoms. The molecule has 4 atom stereocenters. The Labute approximate surface area is 340 Å². The molecule has 2 saturated heterocycles. The maximum Gasteiger partial charge on any atom is 0.323 e. The maximum atomic E-state index is 13.4. The molecule has 4 aliphatic heterocycles. The molecule has 4 aliphatic rings. The highest BCUT2D eigenvalue weighted by Gasteiger charge is 2.40. The van der Waals surface area contributed by atoms with Crippen LogP contribution in [0.1, 0.15) is 67.2 Å². The van der Waals surface area contributed by atoms with E-state index < -0.39 is 0 Å². The van der Waals surface area contributed by atoms with Gasteiger partial charge in [0.15, 0.2) is 5.82 Å². The number of anilines is 3. The summed E-state index contributed by atoms with van der Waals surface area (Å²) in [6.45, 7) is 12.1. The summed E-state index contributed by atoms with van der Waals surface area (Å²) in [5, 5.41) is 3.11. The number of aryl methyl sites for hydroxylation is 2. The molecule has 0 radical (unpaired) electrons. The predicted octanol–water partition coefficient (Wildman–Crippen LogP) is 7.65. The number of nitrogens with one attached hydrogen (secondary N) is 1. The highest BCUT2D eigenvalue weighted by atomic mass is 16.2. The second kappa shape index (κ2) is 17.1. The standard InChI is InChI=1S/C23H24N6O.C16H17N3.C7H10N2/c1-15-13-17(8-11-24-15)20-6-7-21-22(27-20)29(18-9-12-28(21)14-18)23(30)26-16(2)19-5-3-4-10-25-19;1-11-8-13(4-6-17-11)14-2-3-16-15(18-14)9-12-5-7-19(16)10-12;1-6(8)7-4-2-3-5-9-7/h3-8,10-11,13,16,18H,9,12,14H2,1-2H3,(H,26,30);2-4,6,8,12H,5,7,9-10H2,1H3;2-6H,8H2,1H3/t16-,18-;12-;6-/m010/s1. The number of amides is 2. The molecule has 2 amide bonds. The summed E-state index contributed by atoms with van der Waals surface area (Å²) < 4.78 is 0. The summed E-state index contributed by atoms with van der Waals surface area (Å²) in [5.41, 5.74) is 17.0. The van der Waals surface area contributed by atoms with E-state index in [1.54, 1.807) is 18.6 Å². The van der Waals surface area contributed by atoms with Gasteiger partial charge in [-0.2, -0.15) is 0 Å². The topological polar surface area (TPSA) is 142 Å². The van der Waals surface area contributed by atoms with Crippen molar-refractivity contribution in [3.8, 4) is 22.5 Å². The van der Waals surface area contributed by atoms with E-state index in [2.05, 4.69) is 59.3 Å². The molecule has 12 heteroatoms. The second-order valence-electron chi connectivity index (χ2n) is 15.6.